The lowest BCUT2D eigenvalue weighted by atomic mass is 9.81. The van der Waals surface area contributed by atoms with Crippen LogP contribution in [0.15, 0.2) is 30.6 Å². The van der Waals surface area contributed by atoms with Gasteiger partial charge in [0.1, 0.15) is 5.82 Å². The highest BCUT2D eigenvalue weighted by Gasteiger charge is 2.67. The van der Waals surface area contributed by atoms with Crippen molar-refractivity contribution < 1.29 is 22.8 Å². The van der Waals surface area contributed by atoms with E-state index in [4.69, 9.17) is 0 Å². The first kappa shape index (κ1) is 27.6. The average Bonchev–Trinajstić information content (AvgIpc) is 3.63. The summed E-state index contributed by atoms with van der Waals surface area (Å²) >= 11 is 0. The fourth-order valence-electron chi connectivity index (χ4n) is 4.57. The van der Waals surface area contributed by atoms with Crippen molar-refractivity contribution in [3.05, 3.63) is 58.7 Å². The SMILES string of the molecule is CNC(=O)c1ccc(C[C@@H](CNC(=O)C[C@H](c2cnc(C)nc2)C2(C(F)(F)F)CC2)N(C)C)c(C)c1. The first-order valence-corrected chi connectivity index (χ1v) is 12.0. The molecule has 2 amide bonds. The number of halogens is 3. The van der Waals surface area contributed by atoms with Crippen LogP contribution < -0.4 is 10.6 Å². The number of carbonyl (C=O) groups is 2. The quantitative estimate of drug-likeness (QED) is 0.516. The third kappa shape index (κ3) is 6.21. The van der Waals surface area contributed by atoms with E-state index in [1.807, 2.05) is 38.1 Å². The molecule has 0 bridgehead atoms. The highest BCUT2D eigenvalue weighted by Crippen LogP contribution is 2.66. The predicted molar refractivity (Wildman–Crippen MR) is 131 cm³/mol. The summed E-state index contributed by atoms with van der Waals surface area (Å²) in [7, 11) is 5.35. The molecule has 0 aliphatic heterocycles. The van der Waals surface area contributed by atoms with E-state index < -0.39 is 23.4 Å². The molecule has 0 saturated heterocycles. The molecule has 10 heteroatoms. The van der Waals surface area contributed by atoms with Gasteiger partial charge in [-0.15, -0.1) is 0 Å². The molecule has 196 valence electrons. The summed E-state index contributed by atoms with van der Waals surface area (Å²) in [5, 5.41) is 5.45. The summed E-state index contributed by atoms with van der Waals surface area (Å²) in [4.78, 5) is 34.9. The zero-order valence-electron chi connectivity index (χ0n) is 21.4. The van der Waals surface area contributed by atoms with Crippen molar-refractivity contribution in [3.8, 4) is 0 Å². The number of aromatic nitrogens is 2. The number of nitrogens with one attached hydrogen (secondary N) is 2. The number of carbonyl (C=O) groups excluding carboxylic acids is 2. The second-order valence-electron chi connectivity index (χ2n) is 9.82. The van der Waals surface area contributed by atoms with E-state index in [-0.39, 0.29) is 37.8 Å². The molecule has 2 aromatic rings. The summed E-state index contributed by atoms with van der Waals surface area (Å²) in [5.74, 6) is -1.17. The maximum atomic E-state index is 14.0. The Morgan fingerprint density at radius 3 is 2.28 bits per heavy atom. The maximum absolute atomic E-state index is 14.0. The Morgan fingerprint density at radius 1 is 1.14 bits per heavy atom. The van der Waals surface area contributed by atoms with Gasteiger partial charge in [-0.05, 0) is 76.0 Å². The Balaban J connectivity index is 1.70. The molecule has 1 saturated carbocycles. The molecule has 2 N–H and O–H groups in total. The monoisotopic (exact) mass is 505 g/mol. The van der Waals surface area contributed by atoms with E-state index in [1.54, 1.807) is 20.0 Å². The van der Waals surface area contributed by atoms with Crippen LogP contribution in [0, 0.1) is 19.3 Å². The Hall–Kier alpha value is -3.01. The number of alkyl halides is 3. The van der Waals surface area contributed by atoms with Gasteiger partial charge in [-0.2, -0.15) is 13.2 Å². The first-order valence-electron chi connectivity index (χ1n) is 12.0. The summed E-state index contributed by atoms with van der Waals surface area (Å²) in [6.07, 6.45) is -1.30. The van der Waals surface area contributed by atoms with Gasteiger partial charge in [-0.25, -0.2) is 9.97 Å². The number of rotatable bonds is 10. The molecule has 1 aliphatic carbocycles. The number of likely N-dealkylation sites (N-methyl/N-ethyl adjacent to an activating group) is 1. The maximum Gasteiger partial charge on any atom is 0.395 e. The fraction of sp³-hybridized carbons (Fsp3) is 0.538. The van der Waals surface area contributed by atoms with E-state index >= 15 is 0 Å². The van der Waals surface area contributed by atoms with Gasteiger partial charge in [-0.1, -0.05) is 6.07 Å². The molecular formula is C26H34F3N5O2. The van der Waals surface area contributed by atoms with Gasteiger partial charge in [0, 0.05) is 49.9 Å². The second kappa shape index (κ2) is 10.9. The zero-order chi connectivity index (χ0) is 26.7. The Kier molecular flexibility index (Phi) is 8.38. The van der Waals surface area contributed by atoms with Crippen LogP contribution in [-0.2, 0) is 11.2 Å². The van der Waals surface area contributed by atoms with Gasteiger partial charge in [0.25, 0.3) is 5.91 Å². The van der Waals surface area contributed by atoms with E-state index in [9.17, 15) is 22.8 Å². The van der Waals surface area contributed by atoms with Crippen molar-refractivity contribution in [3.63, 3.8) is 0 Å². The summed E-state index contributed by atoms with van der Waals surface area (Å²) in [6, 6.07) is 5.38. The lowest BCUT2D eigenvalue weighted by Crippen LogP contribution is -2.43. The molecule has 1 heterocycles. The molecule has 1 aromatic carbocycles. The minimum atomic E-state index is -4.41. The minimum Gasteiger partial charge on any atom is -0.355 e. The molecule has 3 rings (SSSR count). The molecule has 0 spiro atoms. The van der Waals surface area contributed by atoms with E-state index in [0.29, 0.717) is 23.4 Å². The number of hydrogen-bond donors (Lipinski definition) is 2. The minimum absolute atomic E-state index is 0.00598. The lowest BCUT2D eigenvalue weighted by Gasteiger charge is -2.30. The molecular weight excluding hydrogens is 471 g/mol. The molecule has 1 fully saturated rings. The van der Waals surface area contributed by atoms with Crippen molar-refractivity contribution in [2.24, 2.45) is 5.41 Å². The van der Waals surface area contributed by atoms with Crippen molar-refractivity contribution in [1.82, 2.24) is 25.5 Å². The van der Waals surface area contributed by atoms with E-state index in [0.717, 1.165) is 11.1 Å². The zero-order valence-corrected chi connectivity index (χ0v) is 21.4. The Bertz CT molecular complexity index is 1080. The average molecular weight is 506 g/mol. The number of nitrogens with zero attached hydrogens (tertiary/aromatic N) is 3. The molecule has 7 nitrogen and oxygen atoms in total. The van der Waals surface area contributed by atoms with Gasteiger partial charge in [0.2, 0.25) is 5.91 Å². The van der Waals surface area contributed by atoms with Crippen molar-refractivity contribution >= 4 is 11.8 Å². The number of aryl methyl sites for hydroxylation is 2. The molecule has 2 atom stereocenters. The molecule has 1 aromatic heterocycles. The number of benzene rings is 1. The number of amides is 2. The smallest absolute Gasteiger partial charge is 0.355 e. The first-order chi connectivity index (χ1) is 16.9. The van der Waals surface area contributed by atoms with Crippen LogP contribution in [0.1, 0.15) is 58.1 Å². The second-order valence-corrected chi connectivity index (χ2v) is 9.82. The third-order valence-corrected chi connectivity index (χ3v) is 7.17. The van der Waals surface area contributed by atoms with Crippen LogP contribution in [0.4, 0.5) is 13.2 Å². The Morgan fingerprint density at radius 2 is 1.78 bits per heavy atom. The van der Waals surface area contributed by atoms with E-state index in [1.165, 1.54) is 12.4 Å². The van der Waals surface area contributed by atoms with Crippen LogP contribution >= 0.6 is 0 Å². The van der Waals surface area contributed by atoms with Gasteiger partial charge in [-0.3, -0.25) is 9.59 Å². The molecule has 0 unspecified atom stereocenters. The summed E-state index contributed by atoms with van der Waals surface area (Å²) in [6.45, 7) is 3.86. The number of hydrogen-bond acceptors (Lipinski definition) is 5. The van der Waals surface area contributed by atoms with Crippen LogP contribution in [0.5, 0.6) is 0 Å². The van der Waals surface area contributed by atoms with Crippen LogP contribution in [0.25, 0.3) is 0 Å². The van der Waals surface area contributed by atoms with Gasteiger partial charge in [0.05, 0.1) is 5.41 Å². The highest BCUT2D eigenvalue weighted by molar-refractivity contribution is 5.94. The molecule has 1 aliphatic rings. The summed E-state index contributed by atoms with van der Waals surface area (Å²) < 4.78 is 41.9. The predicted octanol–water partition coefficient (Wildman–Crippen LogP) is 3.56. The van der Waals surface area contributed by atoms with Gasteiger partial charge < -0.3 is 15.5 Å². The van der Waals surface area contributed by atoms with Gasteiger partial charge >= 0.3 is 6.18 Å². The van der Waals surface area contributed by atoms with Crippen LogP contribution in [-0.4, -0.2) is 66.6 Å². The standard InChI is InChI=1S/C26H34F3N5O2/c1-16-10-19(24(36)30-3)7-6-18(16)11-21(34(4)5)15-33-23(35)12-22(20-13-31-17(2)32-14-20)25(8-9-25)26(27,28)29/h6-7,10,13-14,21-22H,8-9,11-12,15H2,1-5H3,(H,30,36)(H,33,35)/t21-,22+/m0/s1. The van der Waals surface area contributed by atoms with E-state index in [2.05, 4.69) is 20.6 Å². The third-order valence-electron chi connectivity index (χ3n) is 7.17. The highest BCUT2D eigenvalue weighted by atomic mass is 19.4. The topological polar surface area (TPSA) is 87.2 Å². The summed E-state index contributed by atoms with van der Waals surface area (Å²) in [5.41, 5.74) is 0.974. The largest absolute Gasteiger partial charge is 0.395 e. The molecule has 36 heavy (non-hydrogen) atoms. The molecule has 0 radical (unpaired) electrons. The van der Waals surface area contributed by atoms with Crippen LogP contribution in [0.3, 0.4) is 0 Å². The van der Waals surface area contributed by atoms with Crippen molar-refractivity contribution in [2.45, 2.75) is 57.7 Å². The normalized spacial score (nSPS) is 16.4. The Labute approximate surface area is 209 Å². The van der Waals surface area contributed by atoms with Gasteiger partial charge in [0.15, 0.2) is 0 Å². The van der Waals surface area contributed by atoms with Crippen molar-refractivity contribution in [2.75, 3.05) is 27.7 Å². The van der Waals surface area contributed by atoms with Crippen LogP contribution in [0.2, 0.25) is 0 Å². The van der Waals surface area contributed by atoms with Crippen molar-refractivity contribution in [1.29, 1.82) is 0 Å². The lowest BCUT2D eigenvalue weighted by molar-refractivity contribution is -0.194. The fourth-order valence-corrected chi connectivity index (χ4v) is 4.57.